The van der Waals surface area contributed by atoms with Crippen LogP contribution in [0.4, 0.5) is 0 Å². The fraction of sp³-hybridized carbons (Fsp3) is 0.769. The highest BCUT2D eigenvalue weighted by molar-refractivity contribution is 6.30. The van der Waals surface area contributed by atoms with Crippen LogP contribution in [0.2, 0.25) is 5.15 Å². The quantitative estimate of drug-likeness (QED) is 0.877. The number of halogens is 1. The van der Waals surface area contributed by atoms with Gasteiger partial charge < -0.3 is 5.32 Å². The zero-order valence-electron chi connectivity index (χ0n) is 11.0. The molecule has 0 aliphatic heterocycles. The lowest BCUT2D eigenvalue weighted by Crippen LogP contribution is -2.39. The third-order valence-corrected chi connectivity index (χ3v) is 4.71. The molecule has 17 heavy (non-hydrogen) atoms. The molecule has 0 aromatic carbocycles. The molecule has 0 bridgehead atoms. The summed E-state index contributed by atoms with van der Waals surface area (Å²) in [5, 5.41) is 8.64. The summed E-state index contributed by atoms with van der Waals surface area (Å²) in [5.74, 6) is 0. The molecule has 0 saturated heterocycles. The van der Waals surface area contributed by atoms with Gasteiger partial charge in [-0.2, -0.15) is 5.10 Å². The molecule has 0 amide bonds. The number of hydrogen-bond donors (Lipinski definition) is 1. The largest absolute Gasteiger partial charge is 0.312 e. The lowest BCUT2D eigenvalue weighted by atomic mass is 9.67. The molecule has 1 N–H and O–H groups in total. The average Bonchev–Trinajstić information content (AvgIpc) is 2.48. The van der Waals surface area contributed by atoms with E-state index in [-0.39, 0.29) is 0 Å². The molecule has 2 rings (SSSR count). The Morgan fingerprint density at radius 2 is 2.18 bits per heavy atom. The Labute approximate surface area is 109 Å². The monoisotopic (exact) mass is 255 g/mol. The second-order valence-electron chi connectivity index (χ2n) is 5.29. The third-order valence-electron chi connectivity index (χ3n) is 4.24. The molecule has 4 heteroatoms. The van der Waals surface area contributed by atoms with Gasteiger partial charge >= 0.3 is 0 Å². The number of hydrogen-bond acceptors (Lipinski definition) is 2. The molecule has 0 radical (unpaired) electrons. The predicted molar refractivity (Wildman–Crippen MR) is 71.2 cm³/mol. The Morgan fingerprint density at radius 1 is 1.47 bits per heavy atom. The van der Waals surface area contributed by atoms with Crippen LogP contribution in [0.1, 0.15) is 43.9 Å². The SMILES string of the molecule is CCC1(CNCc2c(C)nn(C)c2Cl)CCC1. The second-order valence-corrected chi connectivity index (χ2v) is 5.65. The van der Waals surface area contributed by atoms with Gasteiger partial charge in [0.25, 0.3) is 0 Å². The maximum atomic E-state index is 6.21. The van der Waals surface area contributed by atoms with Crippen LogP contribution in [0.25, 0.3) is 0 Å². The number of nitrogens with zero attached hydrogens (tertiary/aromatic N) is 2. The predicted octanol–water partition coefficient (Wildman–Crippen LogP) is 3.05. The van der Waals surface area contributed by atoms with Crippen LogP contribution in [0, 0.1) is 12.3 Å². The van der Waals surface area contributed by atoms with Crippen molar-refractivity contribution in [2.24, 2.45) is 12.5 Å². The topological polar surface area (TPSA) is 29.9 Å². The first kappa shape index (κ1) is 12.9. The van der Waals surface area contributed by atoms with Crippen molar-refractivity contribution in [1.82, 2.24) is 15.1 Å². The summed E-state index contributed by atoms with van der Waals surface area (Å²) in [4.78, 5) is 0. The molecular weight excluding hydrogens is 234 g/mol. The lowest BCUT2D eigenvalue weighted by Gasteiger charge is -2.41. The van der Waals surface area contributed by atoms with Crippen LogP contribution in [0.15, 0.2) is 0 Å². The summed E-state index contributed by atoms with van der Waals surface area (Å²) >= 11 is 6.21. The van der Waals surface area contributed by atoms with E-state index in [0.717, 1.165) is 29.5 Å². The first-order valence-corrected chi connectivity index (χ1v) is 6.84. The zero-order valence-corrected chi connectivity index (χ0v) is 11.8. The fourth-order valence-corrected chi connectivity index (χ4v) is 2.90. The summed E-state index contributed by atoms with van der Waals surface area (Å²) in [6.07, 6.45) is 5.41. The molecule has 96 valence electrons. The molecule has 1 aromatic heterocycles. The molecule has 0 unspecified atom stereocenters. The van der Waals surface area contributed by atoms with Crippen molar-refractivity contribution in [1.29, 1.82) is 0 Å². The van der Waals surface area contributed by atoms with Gasteiger partial charge in [-0.3, -0.25) is 4.68 Å². The van der Waals surface area contributed by atoms with Crippen molar-refractivity contribution >= 4 is 11.6 Å². The highest BCUT2D eigenvalue weighted by atomic mass is 35.5. The molecule has 0 atom stereocenters. The first-order valence-electron chi connectivity index (χ1n) is 6.47. The molecule has 1 aliphatic rings. The van der Waals surface area contributed by atoms with Crippen molar-refractivity contribution in [2.45, 2.75) is 46.1 Å². The van der Waals surface area contributed by atoms with Gasteiger partial charge in [-0.05, 0) is 31.6 Å². The lowest BCUT2D eigenvalue weighted by molar-refractivity contribution is 0.124. The maximum absolute atomic E-state index is 6.21. The summed E-state index contributed by atoms with van der Waals surface area (Å²) < 4.78 is 1.74. The Morgan fingerprint density at radius 3 is 2.59 bits per heavy atom. The summed E-state index contributed by atoms with van der Waals surface area (Å²) in [7, 11) is 1.89. The molecule has 1 fully saturated rings. The van der Waals surface area contributed by atoms with Crippen molar-refractivity contribution in [3.8, 4) is 0 Å². The second kappa shape index (κ2) is 4.99. The van der Waals surface area contributed by atoms with Gasteiger partial charge in [0, 0.05) is 25.7 Å². The van der Waals surface area contributed by atoms with Gasteiger partial charge in [0.2, 0.25) is 0 Å². The molecule has 1 aromatic rings. The van der Waals surface area contributed by atoms with Gasteiger partial charge in [-0.15, -0.1) is 0 Å². The standard InChI is InChI=1S/C13H22ClN3/c1-4-13(6-5-7-13)9-15-8-11-10(2)16-17(3)12(11)14/h15H,4-9H2,1-3H3. The van der Waals surface area contributed by atoms with Gasteiger partial charge in [0.1, 0.15) is 5.15 Å². The van der Waals surface area contributed by atoms with Crippen LogP contribution in [0.5, 0.6) is 0 Å². The van der Waals surface area contributed by atoms with E-state index >= 15 is 0 Å². The number of aryl methyl sites for hydroxylation is 2. The van der Waals surface area contributed by atoms with E-state index < -0.39 is 0 Å². The summed E-state index contributed by atoms with van der Waals surface area (Å²) in [6, 6.07) is 0. The molecule has 1 aliphatic carbocycles. The van der Waals surface area contributed by atoms with E-state index in [2.05, 4.69) is 17.3 Å². The van der Waals surface area contributed by atoms with Crippen molar-refractivity contribution in [3.63, 3.8) is 0 Å². The van der Waals surface area contributed by atoms with Gasteiger partial charge in [0.05, 0.1) is 5.69 Å². The number of rotatable bonds is 5. The molecule has 1 heterocycles. The van der Waals surface area contributed by atoms with Gasteiger partial charge in [-0.1, -0.05) is 24.9 Å². The normalized spacial score (nSPS) is 18.1. The Bertz CT molecular complexity index is 388. The Hall–Kier alpha value is -0.540. The molecule has 3 nitrogen and oxygen atoms in total. The van der Waals surface area contributed by atoms with E-state index in [1.54, 1.807) is 4.68 Å². The minimum absolute atomic E-state index is 0.558. The summed E-state index contributed by atoms with van der Waals surface area (Å²) in [6.45, 7) is 6.25. The van der Waals surface area contributed by atoms with Gasteiger partial charge in [0.15, 0.2) is 0 Å². The molecular formula is C13H22ClN3. The van der Waals surface area contributed by atoms with E-state index in [9.17, 15) is 0 Å². The van der Waals surface area contributed by atoms with E-state index in [4.69, 9.17) is 11.6 Å². The summed E-state index contributed by atoms with van der Waals surface area (Å²) in [5.41, 5.74) is 2.73. The van der Waals surface area contributed by atoms with Gasteiger partial charge in [-0.25, -0.2) is 0 Å². The Balaban J connectivity index is 1.90. The average molecular weight is 256 g/mol. The van der Waals surface area contributed by atoms with E-state index in [1.807, 2.05) is 14.0 Å². The van der Waals surface area contributed by atoms with Crippen LogP contribution in [0.3, 0.4) is 0 Å². The smallest absolute Gasteiger partial charge is 0.131 e. The maximum Gasteiger partial charge on any atom is 0.131 e. The molecule has 0 spiro atoms. The zero-order chi connectivity index (χ0) is 12.5. The van der Waals surface area contributed by atoms with Crippen LogP contribution in [-0.2, 0) is 13.6 Å². The highest BCUT2D eigenvalue weighted by Crippen LogP contribution is 2.43. The van der Waals surface area contributed by atoms with Crippen molar-refractivity contribution in [3.05, 3.63) is 16.4 Å². The van der Waals surface area contributed by atoms with E-state index in [1.165, 1.54) is 25.7 Å². The first-order chi connectivity index (χ1) is 8.08. The number of aromatic nitrogens is 2. The van der Waals surface area contributed by atoms with Crippen LogP contribution in [-0.4, -0.2) is 16.3 Å². The third kappa shape index (κ3) is 2.50. The van der Waals surface area contributed by atoms with Crippen LogP contribution < -0.4 is 5.32 Å². The fourth-order valence-electron chi connectivity index (χ4n) is 2.66. The minimum atomic E-state index is 0.558. The molecule has 1 saturated carbocycles. The van der Waals surface area contributed by atoms with Crippen molar-refractivity contribution in [2.75, 3.05) is 6.54 Å². The minimum Gasteiger partial charge on any atom is -0.312 e. The highest BCUT2D eigenvalue weighted by Gasteiger charge is 2.34. The number of nitrogens with one attached hydrogen (secondary N) is 1. The van der Waals surface area contributed by atoms with Crippen LogP contribution >= 0.6 is 11.6 Å². The Kier molecular flexibility index (Phi) is 3.79. The van der Waals surface area contributed by atoms with Crippen molar-refractivity contribution < 1.29 is 0 Å². The van der Waals surface area contributed by atoms with E-state index in [0.29, 0.717) is 5.41 Å².